The van der Waals surface area contributed by atoms with Gasteiger partial charge in [-0.15, -0.1) is 0 Å². The molecule has 1 rings (SSSR count). The van der Waals surface area contributed by atoms with E-state index in [0.717, 1.165) is 6.42 Å². The summed E-state index contributed by atoms with van der Waals surface area (Å²) < 4.78 is 5.38. The van der Waals surface area contributed by atoms with E-state index in [9.17, 15) is 9.59 Å². The molecule has 6 nitrogen and oxygen atoms in total. The number of amides is 1. The van der Waals surface area contributed by atoms with E-state index in [1.807, 2.05) is 27.7 Å². The summed E-state index contributed by atoms with van der Waals surface area (Å²) in [5, 5.41) is 8.96. The summed E-state index contributed by atoms with van der Waals surface area (Å²) in [6.45, 7) is 9.14. The molecule has 1 aliphatic rings. The number of nitrogens with two attached hydrogens (primary N) is 1. The molecule has 1 aliphatic heterocycles. The molecule has 1 amide bonds. The van der Waals surface area contributed by atoms with Crippen LogP contribution in [0.5, 0.6) is 0 Å². The van der Waals surface area contributed by atoms with Crippen LogP contribution in [0.1, 0.15) is 40.5 Å². The number of likely N-dealkylation sites (tertiary alicyclic amines) is 1. The minimum atomic E-state index is -0.813. The number of aliphatic carboxylic acids is 1. The van der Waals surface area contributed by atoms with Crippen LogP contribution in [0.2, 0.25) is 0 Å². The van der Waals surface area contributed by atoms with Crippen molar-refractivity contribution in [2.75, 3.05) is 19.6 Å². The van der Waals surface area contributed by atoms with Crippen LogP contribution >= 0.6 is 0 Å². The molecule has 0 aliphatic carbocycles. The largest absolute Gasteiger partial charge is 0.481 e. The normalized spacial score (nSPS) is 24.5. The van der Waals surface area contributed by atoms with Gasteiger partial charge in [0.2, 0.25) is 0 Å². The monoisotopic (exact) mass is 300 g/mol. The van der Waals surface area contributed by atoms with Crippen molar-refractivity contribution in [3.05, 3.63) is 0 Å². The molecule has 0 aromatic heterocycles. The number of piperidine rings is 1. The van der Waals surface area contributed by atoms with E-state index in [0.29, 0.717) is 19.6 Å². The Hall–Kier alpha value is -1.30. The van der Waals surface area contributed by atoms with E-state index in [1.54, 1.807) is 4.90 Å². The molecular weight excluding hydrogens is 272 g/mol. The van der Waals surface area contributed by atoms with Gasteiger partial charge in [-0.1, -0.05) is 6.92 Å². The lowest BCUT2D eigenvalue weighted by Crippen LogP contribution is -2.47. The Kier molecular flexibility index (Phi) is 6.01. The molecule has 122 valence electrons. The summed E-state index contributed by atoms with van der Waals surface area (Å²) in [6, 6.07) is 0. The first-order valence-corrected chi connectivity index (χ1v) is 7.53. The lowest BCUT2D eigenvalue weighted by Gasteiger charge is -2.40. The van der Waals surface area contributed by atoms with Gasteiger partial charge < -0.3 is 20.5 Å². The van der Waals surface area contributed by atoms with Crippen molar-refractivity contribution >= 4 is 12.1 Å². The highest BCUT2D eigenvalue weighted by Crippen LogP contribution is 2.32. The van der Waals surface area contributed by atoms with E-state index >= 15 is 0 Å². The SMILES string of the molecule is CC1CN(C(=O)OC(C)(C)C)CCC1C(CN)CC(=O)O. The molecule has 21 heavy (non-hydrogen) atoms. The fraction of sp³-hybridized carbons (Fsp3) is 0.867. The smallest absolute Gasteiger partial charge is 0.410 e. The third-order valence-electron chi connectivity index (χ3n) is 3.97. The van der Waals surface area contributed by atoms with E-state index in [1.165, 1.54) is 0 Å². The van der Waals surface area contributed by atoms with Crippen molar-refractivity contribution in [1.29, 1.82) is 0 Å². The Morgan fingerprint density at radius 3 is 2.48 bits per heavy atom. The second-order valence-electron chi connectivity index (χ2n) is 6.95. The van der Waals surface area contributed by atoms with Gasteiger partial charge in [0.1, 0.15) is 5.60 Å². The molecule has 1 heterocycles. The van der Waals surface area contributed by atoms with Crippen LogP contribution in [0, 0.1) is 17.8 Å². The number of carboxylic acid groups (broad SMARTS) is 1. The van der Waals surface area contributed by atoms with E-state index in [-0.39, 0.29) is 30.3 Å². The maximum atomic E-state index is 12.1. The molecule has 0 saturated carbocycles. The molecule has 3 atom stereocenters. The average molecular weight is 300 g/mol. The Labute approximate surface area is 126 Å². The van der Waals surface area contributed by atoms with Gasteiger partial charge in [-0.25, -0.2) is 4.79 Å². The van der Waals surface area contributed by atoms with Gasteiger partial charge in [0, 0.05) is 19.5 Å². The number of nitrogens with zero attached hydrogens (tertiary/aromatic N) is 1. The summed E-state index contributed by atoms with van der Waals surface area (Å²) in [6.07, 6.45) is 0.573. The molecule has 1 saturated heterocycles. The zero-order valence-electron chi connectivity index (χ0n) is 13.5. The first kappa shape index (κ1) is 17.8. The van der Waals surface area contributed by atoms with Crippen LogP contribution in [0.4, 0.5) is 4.79 Å². The number of ether oxygens (including phenoxy) is 1. The van der Waals surface area contributed by atoms with Crippen molar-refractivity contribution in [2.24, 2.45) is 23.5 Å². The van der Waals surface area contributed by atoms with Crippen molar-refractivity contribution in [3.8, 4) is 0 Å². The number of carbonyl (C=O) groups is 2. The van der Waals surface area contributed by atoms with Crippen LogP contribution in [-0.4, -0.2) is 47.3 Å². The van der Waals surface area contributed by atoms with Crippen LogP contribution in [-0.2, 0) is 9.53 Å². The van der Waals surface area contributed by atoms with Crippen molar-refractivity contribution in [2.45, 2.75) is 46.1 Å². The maximum Gasteiger partial charge on any atom is 0.410 e. The zero-order valence-corrected chi connectivity index (χ0v) is 13.5. The number of rotatable bonds is 4. The Bertz CT molecular complexity index is 378. The van der Waals surface area contributed by atoms with Crippen molar-refractivity contribution in [3.63, 3.8) is 0 Å². The van der Waals surface area contributed by atoms with Gasteiger partial charge >= 0.3 is 12.1 Å². The van der Waals surface area contributed by atoms with Crippen LogP contribution < -0.4 is 5.73 Å². The Morgan fingerprint density at radius 1 is 1.43 bits per heavy atom. The van der Waals surface area contributed by atoms with Gasteiger partial charge in [-0.2, -0.15) is 0 Å². The molecule has 3 N–H and O–H groups in total. The summed E-state index contributed by atoms with van der Waals surface area (Å²) in [5.41, 5.74) is 5.22. The quantitative estimate of drug-likeness (QED) is 0.827. The van der Waals surface area contributed by atoms with Gasteiger partial charge in [0.25, 0.3) is 0 Å². The lowest BCUT2D eigenvalue weighted by molar-refractivity contribution is -0.138. The Balaban J connectivity index is 2.61. The first-order chi connectivity index (χ1) is 9.64. The van der Waals surface area contributed by atoms with Crippen LogP contribution in [0.15, 0.2) is 0 Å². The minimum absolute atomic E-state index is 0.0294. The lowest BCUT2D eigenvalue weighted by atomic mass is 9.76. The third kappa shape index (κ3) is 5.53. The van der Waals surface area contributed by atoms with Crippen molar-refractivity contribution in [1.82, 2.24) is 4.90 Å². The summed E-state index contributed by atoms with van der Waals surface area (Å²) in [5.74, 6) is -0.380. The Morgan fingerprint density at radius 2 is 2.05 bits per heavy atom. The third-order valence-corrected chi connectivity index (χ3v) is 3.97. The molecule has 0 aromatic carbocycles. The maximum absolute atomic E-state index is 12.1. The second kappa shape index (κ2) is 7.11. The molecule has 0 radical (unpaired) electrons. The standard InChI is InChI=1S/C15H28N2O4/c1-10-9-17(14(20)21-15(2,3)4)6-5-12(10)11(8-16)7-13(18)19/h10-12H,5-9,16H2,1-4H3,(H,18,19). The predicted molar refractivity (Wildman–Crippen MR) is 79.9 cm³/mol. The molecule has 0 bridgehead atoms. The molecule has 6 heteroatoms. The fourth-order valence-corrected chi connectivity index (χ4v) is 2.99. The predicted octanol–water partition coefficient (Wildman–Crippen LogP) is 1.93. The highest BCUT2D eigenvalue weighted by Gasteiger charge is 2.35. The number of hydrogen-bond donors (Lipinski definition) is 2. The van der Waals surface area contributed by atoms with Gasteiger partial charge in [-0.3, -0.25) is 4.79 Å². The fourth-order valence-electron chi connectivity index (χ4n) is 2.99. The van der Waals surface area contributed by atoms with E-state index in [2.05, 4.69) is 0 Å². The van der Waals surface area contributed by atoms with E-state index in [4.69, 9.17) is 15.6 Å². The van der Waals surface area contributed by atoms with Gasteiger partial charge in [0.05, 0.1) is 0 Å². The van der Waals surface area contributed by atoms with Crippen LogP contribution in [0.25, 0.3) is 0 Å². The number of hydrogen-bond acceptors (Lipinski definition) is 4. The van der Waals surface area contributed by atoms with E-state index < -0.39 is 11.6 Å². The average Bonchev–Trinajstić information content (AvgIpc) is 2.33. The second-order valence-corrected chi connectivity index (χ2v) is 6.95. The van der Waals surface area contributed by atoms with Crippen molar-refractivity contribution < 1.29 is 19.4 Å². The molecule has 3 unspecified atom stereocenters. The van der Waals surface area contributed by atoms with Gasteiger partial charge in [0.15, 0.2) is 0 Å². The summed E-state index contributed by atoms with van der Waals surface area (Å²) >= 11 is 0. The summed E-state index contributed by atoms with van der Waals surface area (Å²) in [4.78, 5) is 24.7. The van der Waals surface area contributed by atoms with Crippen LogP contribution in [0.3, 0.4) is 0 Å². The summed E-state index contributed by atoms with van der Waals surface area (Å²) in [7, 11) is 0. The molecule has 0 aromatic rings. The topological polar surface area (TPSA) is 92.9 Å². The molecule has 0 spiro atoms. The first-order valence-electron chi connectivity index (χ1n) is 7.53. The van der Waals surface area contributed by atoms with Gasteiger partial charge in [-0.05, 0) is 51.5 Å². The minimum Gasteiger partial charge on any atom is -0.481 e. The number of carbonyl (C=O) groups excluding carboxylic acids is 1. The molecule has 1 fully saturated rings. The number of carboxylic acids is 1. The molecular formula is C15H28N2O4. The highest BCUT2D eigenvalue weighted by atomic mass is 16.6. The highest BCUT2D eigenvalue weighted by molar-refractivity contribution is 5.68. The zero-order chi connectivity index (χ0) is 16.2.